The van der Waals surface area contributed by atoms with Crippen molar-refractivity contribution in [3.8, 4) is 5.69 Å². The van der Waals surface area contributed by atoms with Crippen molar-refractivity contribution < 1.29 is 17.6 Å². The number of aromatic nitrogens is 2. The van der Waals surface area contributed by atoms with Gasteiger partial charge in [-0.1, -0.05) is 30.3 Å². The van der Waals surface area contributed by atoms with E-state index in [0.29, 0.717) is 23.7 Å². The fourth-order valence-electron chi connectivity index (χ4n) is 4.03. The predicted molar refractivity (Wildman–Crippen MR) is 136 cm³/mol. The number of carbonyl (C=O) groups excluding carboxylic acids is 1. The number of carbonyl (C=O) groups is 1. The first-order valence-corrected chi connectivity index (χ1v) is 13.4. The molecule has 0 saturated carbocycles. The van der Waals surface area contributed by atoms with E-state index in [1.807, 2.05) is 43.3 Å². The molecule has 180 valence electrons. The second-order valence-electron chi connectivity index (χ2n) is 8.25. The lowest BCUT2D eigenvalue weighted by Crippen LogP contribution is -2.49. The molecule has 3 heterocycles. The Morgan fingerprint density at radius 3 is 2.40 bits per heavy atom. The van der Waals surface area contributed by atoms with Crippen molar-refractivity contribution in [2.45, 2.75) is 6.92 Å². The standard InChI is InChI=1S/C25H23FN4O3S2/c1-18-22-17-23(34-25(22)30(27-18)21-9-7-20(26)8-10-21)24(31)28-12-14-29(15-13-28)35(32,33)16-11-19-5-3-2-4-6-19/h2-11,16-17H,12-15H2,1H3/b16-11+. The summed E-state index contributed by atoms with van der Waals surface area (Å²) in [6.07, 6.45) is 1.58. The largest absolute Gasteiger partial charge is 0.335 e. The van der Waals surface area contributed by atoms with Crippen molar-refractivity contribution in [3.05, 3.63) is 88.0 Å². The molecule has 0 aliphatic carbocycles. The summed E-state index contributed by atoms with van der Waals surface area (Å²) >= 11 is 1.33. The van der Waals surface area contributed by atoms with Crippen LogP contribution in [-0.2, 0) is 10.0 Å². The summed E-state index contributed by atoms with van der Waals surface area (Å²) in [4.78, 5) is 16.3. The first-order valence-electron chi connectivity index (χ1n) is 11.1. The van der Waals surface area contributed by atoms with Gasteiger partial charge < -0.3 is 4.90 Å². The van der Waals surface area contributed by atoms with Gasteiger partial charge in [-0.25, -0.2) is 17.5 Å². The van der Waals surface area contributed by atoms with Gasteiger partial charge in [-0.05, 0) is 48.9 Å². The zero-order valence-electron chi connectivity index (χ0n) is 19.0. The molecule has 0 bridgehead atoms. The lowest BCUT2D eigenvalue weighted by Gasteiger charge is -2.33. The highest BCUT2D eigenvalue weighted by molar-refractivity contribution is 7.92. The van der Waals surface area contributed by atoms with Gasteiger partial charge in [0.25, 0.3) is 5.91 Å². The quantitative estimate of drug-likeness (QED) is 0.401. The maximum atomic E-state index is 13.3. The second-order valence-corrected chi connectivity index (χ2v) is 11.1. The average molecular weight is 511 g/mol. The lowest BCUT2D eigenvalue weighted by atomic mass is 10.2. The van der Waals surface area contributed by atoms with Crippen LogP contribution < -0.4 is 0 Å². The van der Waals surface area contributed by atoms with Gasteiger partial charge in [0.15, 0.2) is 0 Å². The SMILES string of the molecule is Cc1nn(-c2ccc(F)cc2)c2sc(C(=O)N3CCN(S(=O)(=O)/C=C/c4ccccc4)CC3)cc12. The Morgan fingerprint density at radius 2 is 1.71 bits per heavy atom. The van der Waals surface area contributed by atoms with Crippen LogP contribution in [0.3, 0.4) is 0 Å². The van der Waals surface area contributed by atoms with E-state index in [4.69, 9.17) is 0 Å². The van der Waals surface area contributed by atoms with E-state index in [1.54, 1.807) is 27.8 Å². The number of sulfonamides is 1. The van der Waals surface area contributed by atoms with Crippen molar-refractivity contribution in [1.29, 1.82) is 0 Å². The molecule has 0 atom stereocenters. The number of rotatable bonds is 5. The Hall–Kier alpha value is -3.34. The topological polar surface area (TPSA) is 75.5 Å². The third-order valence-corrected chi connectivity index (χ3v) is 8.61. The number of halogens is 1. The first-order chi connectivity index (χ1) is 16.8. The highest BCUT2D eigenvalue weighted by Crippen LogP contribution is 2.31. The summed E-state index contributed by atoms with van der Waals surface area (Å²) in [5, 5.41) is 6.63. The number of piperazine rings is 1. The van der Waals surface area contributed by atoms with Crippen LogP contribution in [0.1, 0.15) is 20.9 Å². The average Bonchev–Trinajstić information content (AvgIpc) is 3.44. The lowest BCUT2D eigenvalue weighted by molar-refractivity contribution is 0.0703. The van der Waals surface area contributed by atoms with Crippen molar-refractivity contribution in [2.24, 2.45) is 0 Å². The minimum absolute atomic E-state index is 0.131. The van der Waals surface area contributed by atoms with Crippen molar-refractivity contribution in [2.75, 3.05) is 26.2 Å². The van der Waals surface area contributed by atoms with Crippen molar-refractivity contribution in [3.63, 3.8) is 0 Å². The third kappa shape index (κ3) is 4.77. The summed E-state index contributed by atoms with van der Waals surface area (Å²) in [7, 11) is -3.57. The summed E-state index contributed by atoms with van der Waals surface area (Å²) in [6, 6.07) is 17.1. The maximum absolute atomic E-state index is 13.3. The molecule has 0 radical (unpaired) electrons. The van der Waals surface area contributed by atoms with Gasteiger partial charge in [0.1, 0.15) is 10.6 Å². The molecule has 10 heteroatoms. The van der Waals surface area contributed by atoms with Gasteiger partial charge in [-0.15, -0.1) is 11.3 Å². The van der Waals surface area contributed by atoms with E-state index < -0.39 is 10.0 Å². The van der Waals surface area contributed by atoms with Crippen molar-refractivity contribution >= 4 is 43.6 Å². The highest BCUT2D eigenvalue weighted by atomic mass is 32.2. The number of fused-ring (bicyclic) bond motifs is 1. The number of nitrogens with zero attached hydrogens (tertiary/aromatic N) is 4. The maximum Gasteiger partial charge on any atom is 0.264 e. The summed E-state index contributed by atoms with van der Waals surface area (Å²) in [5.41, 5.74) is 2.30. The molecule has 1 amide bonds. The molecule has 2 aromatic carbocycles. The molecule has 35 heavy (non-hydrogen) atoms. The molecule has 0 N–H and O–H groups in total. The molecule has 0 unspecified atom stereocenters. The fourth-order valence-corrected chi connectivity index (χ4v) is 6.35. The Bertz CT molecular complexity index is 1500. The molecule has 1 saturated heterocycles. The van der Waals surface area contributed by atoms with Gasteiger partial charge >= 0.3 is 0 Å². The molecule has 1 aliphatic heterocycles. The first kappa shape index (κ1) is 23.4. The van der Waals surface area contributed by atoms with E-state index in [1.165, 1.54) is 33.2 Å². The number of thiophene rings is 1. The smallest absolute Gasteiger partial charge is 0.264 e. The zero-order valence-corrected chi connectivity index (χ0v) is 20.6. The molecule has 7 nitrogen and oxygen atoms in total. The molecule has 1 aliphatic rings. The minimum atomic E-state index is -3.57. The van der Waals surface area contributed by atoms with Gasteiger partial charge in [0.2, 0.25) is 10.0 Å². The Labute approximate surface area is 206 Å². The van der Waals surface area contributed by atoms with Crippen LogP contribution >= 0.6 is 11.3 Å². The van der Waals surface area contributed by atoms with Gasteiger partial charge in [0, 0.05) is 37.0 Å². The van der Waals surface area contributed by atoms with Crippen LogP contribution in [0.2, 0.25) is 0 Å². The van der Waals surface area contributed by atoms with E-state index in [-0.39, 0.29) is 24.8 Å². The fraction of sp³-hybridized carbons (Fsp3) is 0.200. The van der Waals surface area contributed by atoms with Crippen LogP contribution in [0, 0.1) is 12.7 Å². The van der Waals surface area contributed by atoms with Gasteiger partial charge in [-0.3, -0.25) is 4.79 Å². The molecule has 5 rings (SSSR count). The second kappa shape index (κ2) is 9.37. The van der Waals surface area contributed by atoms with E-state index >= 15 is 0 Å². The number of hydrogen-bond donors (Lipinski definition) is 0. The Morgan fingerprint density at radius 1 is 1.03 bits per heavy atom. The number of aryl methyl sites for hydroxylation is 1. The zero-order chi connectivity index (χ0) is 24.6. The van der Waals surface area contributed by atoms with Crippen LogP contribution in [0.5, 0.6) is 0 Å². The summed E-state index contributed by atoms with van der Waals surface area (Å²) < 4.78 is 41.9. The van der Waals surface area contributed by atoms with Gasteiger partial charge in [0.05, 0.1) is 16.3 Å². The monoisotopic (exact) mass is 510 g/mol. The minimum Gasteiger partial charge on any atom is -0.335 e. The molecule has 1 fully saturated rings. The van der Waals surface area contributed by atoms with E-state index in [2.05, 4.69) is 5.10 Å². The Kier molecular flexibility index (Phi) is 6.26. The van der Waals surface area contributed by atoms with Crippen molar-refractivity contribution in [1.82, 2.24) is 19.0 Å². The molecular formula is C25H23FN4O3S2. The molecule has 4 aromatic rings. The van der Waals surface area contributed by atoms with E-state index in [9.17, 15) is 17.6 Å². The third-order valence-electron chi connectivity index (χ3n) is 5.94. The van der Waals surface area contributed by atoms with Crippen LogP contribution in [0.4, 0.5) is 4.39 Å². The van der Waals surface area contributed by atoms with E-state index in [0.717, 1.165) is 21.5 Å². The van der Waals surface area contributed by atoms with Crippen LogP contribution in [0.25, 0.3) is 22.0 Å². The van der Waals surface area contributed by atoms with Crippen LogP contribution in [-0.4, -0.2) is 59.5 Å². The normalized spacial score (nSPS) is 15.3. The summed E-state index contributed by atoms with van der Waals surface area (Å²) in [5.74, 6) is -0.458. The predicted octanol–water partition coefficient (Wildman–Crippen LogP) is 4.29. The molecule has 2 aromatic heterocycles. The highest BCUT2D eigenvalue weighted by Gasteiger charge is 2.29. The molecular weight excluding hydrogens is 487 g/mol. The van der Waals surface area contributed by atoms with Gasteiger partial charge in [-0.2, -0.15) is 9.40 Å². The van der Waals surface area contributed by atoms with Crippen LogP contribution in [0.15, 0.2) is 66.1 Å². The number of hydrogen-bond acceptors (Lipinski definition) is 5. The Balaban J connectivity index is 1.29. The molecule has 0 spiro atoms. The summed E-state index contributed by atoms with van der Waals surface area (Å²) in [6.45, 7) is 2.97. The number of amides is 1. The number of benzene rings is 2.